The monoisotopic (exact) mass is 271 g/mol. The van der Waals surface area contributed by atoms with E-state index < -0.39 is 25.5 Å². The third-order valence-corrected chi connectivity index (χ3v) is 3.73. The van der Waals surface area contributed by atoms with Crippen molar-refractivity contribution in [3.63, 3.8) is 0 Å². The minimum atomic E-state index is -4.25. The molecule has 0 saturated carbocycles. The summed E-state index contributed by atoms with van der Waals surface area (Å²) < 4.78 is 46.7. The van der Waals surface area contributed by atoms with Gasteiger partial charge in [0.2, 0.25) is 0 Å². The van der Waals surface area contributed by atoms with Gasteiger partial charge in [0.25, 0.3) is 0 Å². The Kier molecular flexibility index (Phi) is 3.47. The molecule has 0 saturated heterocycles. The predicted octanol–water partition coefficient (Wildman–Crippen LogP) is -0.0897. The number of imidazole rings is 1. The maximum atomic E-state index is 11.2. The third-order valence-electron chi connectivity index (χ3n) is 1.49. The summed E-state index contributed by atoms with van der Waals surface area (Å²) in [6.45, 7) is 0. The first-order valence-electron chi connectivity index (χ1n) is 3.52. The van der Waals surface area contributed by atoms with Gasteiger partial charge in [0, 0.05) is 13.2 Å². The maximum absolute atomic E-state index is 11.2. The Labute approximate surface area is 92.5 Å². The van der Waals surface area contributed by atoms with Gasteiger partial charge in [0.05, 0.1) is 5.88 Å². The summed E-state index contributed by atoms with van der Waals surface area (Å²) in [7, 11) is -5.74. The molecule has 0 aliphatic carbocycles. The fraction of sp³-hybridized carbons (Fsp3) is 0.400. The summed E-state index contributed by atoms with van der Waals surface area (Å²) in [4.78, 5) is 3.63. The molecule has 0 fully saturated rings. The highest BCUT2D eigenvalue weighted by Gasteiger charge is 2.18. The van der Waals surface area contributed by atoms with E-state index >= 15 is 0 Å². The van der Waals surface area contributed by atoms with E-state index in [1.54, 1.807) is 0 Å². The lowest BCUT2D eigenvalue weighted by Crippen LogP contribution is -1.96. The van der Waals surface area contributed by atoms with Gasteiger partial charge in [-0.1, -0.05) is 0 Å². The molecular weight excluding hydrogens is 266 g/mol. The first-order chi connectivity index (χ1) is 6.86. The zero-order valence-corrected chi connectivity index (χ0v) is 9.84. The summed E-state index contributed by atoms with van der Waals surface area (Å²) in [6.07, 6.45) is 1.14. The maximum Gasteiger partial charge on any atom is 0.327 e. The fourth-order valence-electron chi connectivity index (χ4n) is 0.842. The molecule has 0 N–H and O–H groups in total. The van der Waals surface area contributed by atoms with Crippen LogP contribution in [0.1, 0.15) is 5.82 Å². The molecule has 1 aromatic rings. The molecule has 1 aromatic heterocycles. The Morgan fingerprint density at radius 1 is 1.60 bits per heavy atom. The second-order valence-corrected chi connectivity index (χ2v) is 5.17. The first kappa shape index (κ1) is 12.1. The van der Waals surface area contributed by atoms with Crippen molar-refractivity contribution in [2.24, 2.45) is 10.8 Å². The van der Waals surface area contributed by atoms with Gasteiger partial charge in [0.15, 0.2) is 5.03 Å². The van der Waals surface area contributed by atoms with Crippen LogP contribution >= 0.6 is 11.6 Å². The minimum absolute atomic E-state index is 0.0203. The van der Waals surface area contributed by atoms with Crippen molar-refractivity contribution >= 4 is 32.1 Å². The van der Waals surface area contributed by atoms with Crippen molar-refractivity contribution in [1.82, 2.24) is 9.55 Å². The van der Waals surface area contributed by atoms with Gasteiger partial charge in [-0.2, -0.15) is 16.8 Å². The number of aromatic nitrogens is 2. The standard InChI is InChI=1S/C5H6ClN3O4S2/c1-9-3-5(7-4(9)2-6)15(12,13)8-14(10)11/h3H,2H2,1H3. The van der Waals surface area contributed by atoms with E-state index in [0.717, 1.165) is 6.20 Å². The predicted molar refractivity (Wildman–Crippen MR) is 51.3 cm³/mol. The molecule has 0 atom stereocenters. The molecule has 1 heterocycles. The largest absolute Gasteiger partial charge is 0.336 e. The van der Waals surface area contributed by atoms with Crippen LogP contribution in [-0.4, -0.2) is 26.4 Å². The number of aryl methyl sites for hydroxylation is 1. The van der Waals surface area contributed by atoms with Gasteiger partial charge in [-0.3, -0.25) is 0 Å². The van der Waals surface area contributed by atoms with Gasteiger partial charge in [0.1, 0.15) is 5.82 Å². The van der Waals surface area contributed by atoms with Gasteiger partial charge in [-0.05, 0) is 3.77 Å². The topological polar surface area (TPSA) is 98.5 Å². The fourth-order valence-corrected chi connectivity index (χ4v) is 2.55. The zero-order chi connectivity index (χ0) is 11.6. The molecule has 0 aliphatic rings. The SMILES string of the molecule is Cn1cc(S(=O)(=O)N=S(=O)=O)nc1CCl. The Balaban J connectivity index is 3.35. The normalized spacial score (nSPS) is 11.3. The molecule has 10 heteroatoms. The molecule has 0 unspecified atom stereocenters. The van der Waals surface area contributed by atoms with Crippen LogP contribution in [0.25, 0.3) is 0 Å². The third kappa shape index (κ3) is 2.76. The zero-order valence-electron chi connectivity index (χ0n) is 7.45. The highest BCUT2D eigenvalue weighted by molar-refractivity contribution is 7.94. The van der Waals surface area contributed by atoms with Crippen molar-refractivity contribution in [2.45, 2.75) is 10.9 Å². The number of hydrogen-bond donors (Lipinski definition) is 0. The van der Waals surface area contributed by atoms with Crippen LogP contribution in [0.3, 0.4) is 0 Å². The molecular formula is C5H6ClN3O4S2. The Morgan fingerprint density at radius 3 is 2.60 bits per heavy atom. The number of nitrogens with zero attached hydrogens (tertiary/aromatic N) is 3. The summed E-state index contributed by atoms with van der Waals surface area (Å²) >= 11 is 5.47. The molecule has 15 heavy (non-hydrogen) atoms. The average Bonchev–Trinajstić information content (AvgIpc) is 2.45. The van der Waals surface area contributed by atoms with Crippen molar-refractivity contribution < 1.29 is 16.8 Å². The quantitative estimate of drug-likeness (QED) is 0.716. The number of alkyl halides is 1. The Hall–Kier alpha value is -0.930. The van der Waals surface area contributed by atoms with Crippen LogP contribution in [0.15, 0.2) is 15.0 Å². The van der Waals surface area contributed by atoms with Crippen molar-refractivity contribution in [1.29, 1.82) is 0 Å². The highest BCUT2D eigenvalue weighted by Crippen LogP contribution is 2.12. The summed E-state index contributed by atoms with van der Waals surface area (Å²) in [5, 5.41) is -0.440. The second-order valence-electron chi connectivity index (χ2n) is 2.51. The summed E-state index contributed by atoms with van der Waals surface area (Å²) in [5.41, 5.74) is 0. The van der Waals surface area contributed by atoms with Crippen molar-refractivity contribution in [2.75, 3.05) is 0 Å². The van der Waals surface area contributed by atoms with Crippen LogP contribution in [0.4, 0.5) is 0 Å². The number of halogens is 1. The van der Waals surface area contributed by atoms with Gasteiger partial charge in [-0.25, -0.2) is 4.98 Å². The minimum Gasteiger partial charge on any atom is -0.336 e. The molecule has 0 aromatic carbocycles. The van der Waals surface area contributed by atoms with E-state index in [2.05, 4.69) is 8.75 Å². The Bertz CT molecular complexity index is 592. The lowest BCUT2D eigenvalue weighted by Gasteiger charge is -1.91. The van der Waals surface area contributed by atoms with Gasteiger partial charge in [-0.15, -0.1) is 11.6 Å². The lowest BCUT2D eigenvalue weighted by molar-refractivity contribution is 0.593. The summed E-state index contributed by atoms with van der Waals surface area (Å²) in [5.74, 6) is 0.328. The molecule has 0 amide bonds. The molecule has 0 spiro atoms. The molecule has 1 rings (SSSR count). The Morgan fingerprint density at radius 2 is 2.20 bits per heavy atom. The van der Waals surface area contributed by atoms with Crippen molar-refractivity contribution in [3.8, 4) is 0 Å². The number of sulfonamides is 1. The summed E-state index contributed by atoms with van der Waals surface area (Å²) in [6, 6.07) is 0. The lowest BCUT2D eigenvalue weighted by atomic mass is 10.7. The van der Waals surface area contributed by atoms with Gasteiger partial charge < -0.3 is 4.57 Å². The highest BCUT2D eigenvalue weighted by atomic mass is 35.5. The van der Waals surface area contributed by atoms with Crippen molar-refractivity contribution in [3.05, 3.63) is 12.0 Å². The first-order valence-corrected chi connectivity index (χ1v) is 6.53. The average molecular weight is 272 g/mol. The van der Waals surface area contributed by atoms with E-state index in [4.69, 9.17) is 11.6 Å². The smallest absolute Gasteiger partial charge is 0.327 e. The van der Waals surface area contributed by atoms with Crippen LogP contribution < -0.4 is 0 Å². The van der Waals surface area contributed by atoms with Crippen LogP contribution in [0, 0.1) is 0 Å². The number of rotatable bonds is 3. The van der Waals surface area contributed by atoms with E-state index in [0.29, 0.717) is 5.82 Å². The van der Waals surface area contributed by atoms with Crippen LogP contribution in [0.5, 0.6) is 0 Å². The number of hydrogen-bond acceptors (Lipinski definition) is 5. The molecule has 7 nitrogen and oxygen atoms in total. The van der Waals surface area contributed by atoms with E-state index in [1.807, 2.05) is 0 Å². The van der Waals surface area contributed by atoms with E-state index in [1.165, 1.54) is 11.6 Å². The van der Waals surface area contributed by atoms with Crippen LogP contribution in [-0.2, 0) is 33.5 Å². The van der Waals surface area contributed by atoms with E-state index in [-0.39, 0.29) is 5.88 Å². The molecule has 0 aliphatic heterocycles. The van der Waals surface area contributed by atoms with E-state index in [9.17, 15) is 16.8 Å². The van der Waals surface area contributed by atoms with Crippen LogP contribution in [0.2, 0.25) is 0 Å². The molecule has 0 bridgehead atoms. The second kappa shape index (κ2) is 4.29. The van der Waals surface area contributed by atoms with Gasteiger partial charge >= 0.3 is 20.5 Å². The molecule has 84 valence electrons. The molecule has 0 radical (unpaired) electrons.